The molecule has 0 radical (unpaired) electrons. The first kappa shape index (κ1) is 17.5. The number of amides is 1. The van der Waals surface area contributed by atoms with E-state index < -0.39 is 5.97 Å². The van der Waals surface area contributed by atoms with Crippen molar-refractivity contribution in [3.05, 3.63) is 41.7 Å². The van der Waals surface area contributed by atoms with Gasteiger partial charge in [-0.05, 0) is 37.5 Å². The number of carbonyl (C=O) groups excluding carboxylic acids is 1. The normalized spacial score (nSPS) is 11.8. The minimum Gasteiger partial charge on any atom is -0.497 e. The van der Waals surface area contributed by atoms with E-state index in [0.717, 1.165) is 18.6 Å². The fraction of sp³-hybridized carbons (Fsp3) is 0.375. The molecule has 8 heteroatoms. The van der Waals surface area contributed by atoms with Gasteiger partial charge in [0, 0.05) is 6.04 Å². The first-order chi connectivity index (χ1) is 11.5. The zero-order valence-corrected chi connectivity index (χ0v) is 13.6. The smallest absolute Gasteiger partial charge is 0.358 e. The lowest BCUT2D eigenvalue weighted by molar-refractivity contribution is -0.122. The highest BCUT2D eigenvalue weighted by atomic mass is 16.5. The second kappa shape index (κ2) is 8.09. The molecule has 2 aromatic rings. The lowest BCUT2D eigenvalue weighted by atomic mass is 10.1. The summed E-state index contributed by atoms with van der Waals surface area (Å²) in [5.74, 6) is -0.595. The van der Waals surface area contributed by atoms with Gasteiger partial charge >= 0.3 is 5.97 Å². The molecule has 0 saturated carbocycles. The van der Waals surface area contributed by atoms with E-state index in [1.807, 2.05) is 31.2 Å². The molecule has 2 N–H and O–H groups in total. The standard InChI is InChI=1S/C16H20N4O4/c1-11(3-4-12-5-7-13(24-2)8-6-12)17-15(21)10-20-9-14(16(22)23)18-19-20/h5-9,11H,3-4,10H2,1-2H3,(H,17,21)(H,22,23). The predicted octanol–water partition coefficient (Wildman–Crippen LogP) is 1.12. The van der Waals surface area contributed by atoms with E-state index in [-0.39, 0.29) is 24.2 Å². The first-order valence-electron chi connectivity index (χ1n) is 7.53. The Labute approximate surface area is 139 Å². The van der Waals surface area contributed by atoms with Crippen LogP contribution in [0.2, 0.25) is 0 Å². The van der Waals surface area contributed by atoms with Crippen molar-refractivity contribution in [3.8, 4) is 5.75 Å². The minimum absolute atomic E-state index is 0.0120. The number of methoxy groups -OCH3 is 1. The van der Waals surface area contributed by atoms with E-state index in [1.165, 1.54) is 16.4 Å². The summed E-state index contributed by atoms with van der Waals surface area (Å²) in [6.07, 6.45) is 2.84. The van der Waals surface area contributed by atoms with Gasteiger partial charge in [-0.3, -0.25) is 4.79 Å². The van der Waals surface area contributed by atoms with Gasteiger partial charge in [-0.2, -0.15) is 0 Å². The highest BCUT2D eigenvalue weighted by molar-refractivity contribution is 5.84. The van der Waals surface area contributed by atoms with Gasteiger partial charge in [-0.25, -0.2) is 9.48 Å². The van der Waals surface area contributed by atoms with Gasteiger partial charge in [-0.1, -0.05) is 17.3 Å². The second-order valence-electron chi connectivity index (χ2n) is 5.46. The Hall–Kier alpha value is -2.90. The number of ether oxygens (including phenoxy) is 1. The van der Waals surface area contributed by atoms with Crippen molar-refractivity contribution in [3.63, 3.8) is 0 Å². The van der Waals surface area contributed by atoms with Crippen molar-refractivity contribution in [1.29, 1.82) is 0 Å². The Morgan fingerprint density at radius 3 is 2.62 bits per heavy atom. The number of nitrogens with zero attached hydrogens (tertiary/aromatic N) is 3. The molecule has 128 valence electrons. The molecule has 0 saturated heterocycles. The third-order valence-electron chi connectivity index (χ3n) is 3.50. The van der Waals surface area contributed by atoms with Crippen LogP contribution >= 0.6 is 0 Å². The van der Waals surface area contributed by atoms with Crippen LogP contribution in [0.25, 0.3) is 0 Å². The summed E-state index contributed by atoms with van der Waals surface area (Å²) in [7, 11) is 1.63. The Balaban J connectivity index is 1.77. The highest BCUT2D eigenvalue weighted by Gasteiger charge is 2.12. The Morgan fingerprint density at radius 1 is 1.33 bits per heavy atom. The van der Waals surface area contributed by atoms with Gasteiger partial charge < -0.3 is 15.2 Å². The number of carbonyl (C=O) groups is 2. The lowest BCUT2D eigenvalue weighted by Crippen LogP contribution is -2.35. The number of rotatable bonds is 8. The topological polar surface area (TPSA) is 106 Å². The number of aryl methyl sites for hydroxylation is 1. The largest absolute Gasteiger partial charge is 0.497 e. The molecule has 0 fully saturated rings. The van der Waals surface area contributed by atoms with Crippen molar-refractivity contribution >= 4 is 11.9 Å². The van der Waals surface area contributed by atoms with Crippen LogP contribution in [0.1, 0.15) is 29.4 Å². The summed E-state index contributed by atoms with van der Waals surface area (Å²) < 4.78 is 6.32. The maximum Gasteiger partial charge on any atom is 0.358 e. The number of hydrogen-bond acceptors (Lipinski definition) is 5. The van der Waals surface area contributed by atoms with Crippen molar-refractivity contribution in [1.82, 2.24) is 20.3 Å². The maximum atomic E-state index is 11.9. The van der Waals surface area contributed by atoms with E-state index in [2.05, 4.69) is 15.6 Å². The van der Waals surface area contributed by atoms with Crippen LogP contribution < -0.4 is 10.1 Å². The summed E-state index contributed by atoms with van der Waals surface area (Å²) in [6, 6.07) is 7.79. The summed E-state index contributed by atoms with van der Waals surface area (Å²) in [5.41, 5.74) is 0.981. The van der Waals surface area contributed by atoms with Crippen LogP contribution in [-0.2, 0) is 17.8 Å². The van der Waals surface area contributed by atoms with Crippen molar-refractivity contribution in [2.24, 2.45) is 0 Å². The molecule has 0 aliphatic heterocycles. The molecule has 2 rings (SSSR count). The molecule has 8 nitrogen and oxygen atoms in total. The molecule has 1 aromatic heterocycles. The van der Waals surface area contributed by atoms with Crippen LogP contribution in [0.5, 0.6) is 5.75 Å². The monoisotopic (exact) mass is 332 g/mol. The zero-order valence-electron chi connectivity index (χ0n) is 13.6. The first-order valence-corrected chi connectivity index (χ1v) is 7.53. The van der Waals surface area contributed by atoms with Crippen molar-refractivity contribution in [2.45, 2.75) is 32.4 Å². The third kappa shape index (κ3) is 5.08. The number of nitrogens with one attached hydrogen (secondary N) is 1. The molecule has 1 amide bonds. The summed E-state index contributed by atoms with van der Waals surface area (Å²) in [4.78, 5) is 22.6. The van der Waals surface area contributed by atoms with Gasteiger partial charge in [0.2, 0.25) is 5.91 Å². The Bertz CT molecular complexity index is 696. The second-order valence-corrected chi connectivity index (χ2v) is 5.46. The van der Waals surface area contributed by atoms with Gasteiger partial charge in [0.15, 0.2) is 5.69 Å². The predicted molar refractivity (Wildman–Crippen MR) is 85.9 cm³/mol. The Morgan fingerprint density at radius 2 is 2.04 bits per heavy atom. The van der Waals surface area contributed by atoms with Crippen LogP contribution in [-0.4, -0.2) is 45.1 Å². The molecular formula is C16H20N4O4. The van der Waals surface area contributed by atoms with Crippen LogP contribution in [0, 0.1) is 0 Å². The fourth-order valence-electron chi connectivity index (χ4n) is 2.19. The van der Waals surface area contributed by atoms with Crippen molar-refractivity contribution in [2.75, 3.05) is 7.11 Å². The number of hydrogen-bond donors (Lipinski definition) is 2. The van der Waals surface area contributed by atoms with Gasteiger partial charge in [0.05, 0.1) is 13.3 Å². The molecule has 1 heterocycles. The minimum atomic E-state index is -1.17. The number of benzene rings is 1. The van der Waals surface area contributed by atoms with Gasteiger partial charge in [-0.15, -0.1) is 5.10 Å². The van der Waals surface area contributed by atoms with Gasteiger partial charge in [0.1, 0.15) is 12.3 Å². The summed E-state index contributed by atoms with van der Waals surface area (Å²) in [6.45, 7) is 1.86. The molecular weight excluding hydrogens is 312 g/mol. The number of aromatic nitrogens is 3. The van der Waals surface area contributed by atoms with E-state index >= 15 is 0 Å². The van der Waals surface area contributed by atoms with E-state index in [4.69, 9.17) is 9.84 Å². The fourth-order valence-corrected chi connectivity index (χ4v) is 2.19. The van der Waals surface area contributed by atoms with Crippen LogP contribution in [0.15, 0.2) is 30.5 Å². The van der Waals surface area contributed by atoms with E-state index in [9.17, 15) is 9.59 Å². The van der Waals surface area contributed by atoms with Crippen LogP contribution in [0.3, 0.4) is 0 Å². The molecule has 1 atom stereocenters. The summed E-state index contributed by atoms with van der Waals surface area (Å²) in [5, 5.41) is 18.7. The SMILES string of the molecule is COc1ccc(CCC(C)NC(=O)Cn2cc(C(=O)O)nn2)cc1. The Kier molecular flexibility index (Phi) is 5.89. The third-order valence-corrected chi connectivity index (χ3v) is 3.50. The lowest BCUT2D eigenvalue weighted by Gasteiger charge is -2.14. The molecule has 0 aliphatic carbocycles. The van der Waals surface area contributed by atoms with Gasteiger partial charge in [0.25, 0.3) is 0 Å². The molecule has 1 aromatic carbocycles. The molecule has 0 aliphatic rings. The molecule has 24 heavy (non-hydrogen) atoms. The number of carboxylic acids is 1. The molecule has 0 spiro atoms. The van der Waals surface area contributed by atoms with Crippen molar-refractivity contribution < 1.29 is 19.4 Å². The molecule has 0 bridgehead atoms. The van der Waals surface area contributed by atoms with E-state index in [1.54, 1.807) is 7.11 Å². The zero-order chi connectivity index (χ0) is 17.5. The average molecular weight is 332 g/mol. The number of aromatic carboxylic acids is 1. The van der Waals surface area contributed by atoms with E-state index in [0.29, 0.717) is 0 Å². The maximum absolute atomic E-state index is 11.9. The molecule has 1 unspecified atom stereocenters. The average Bonchev–Trinajstić information content (AvgIpc) is 3.02. The quantitative estimate of drug-likeness (QED) is 0.750. The number of carboxylic acid groups (broad SMARTS) is 1. The highest BCUT2D eigenvalue weighted by Crippen LogP contribution is 2.13. The summed E-state index contributed by atoms with van der Waals surface area (Å²) >= 11 is 0. The van der Waals surface area contributed by atoms with Crippen LogP contribution in [0.4, 0.5) is 0 Å².